The number of thioether (sulfide) groups is 1. The van der Waals surface area contributed by atoms with Gasteiger partial charge in [0.25, 0.3) is 0 Å². The molecule has 116 valence electrons. The molecule has 0 bridgehead atoms. The minimum atomic E-state index is -0.473. The average Bonchev–Trinajstić information content (AvgIpc) is 2.80. The number of nitrogens with zero attached hydrogens (tertiary/aromatic N) is 1. The number of hydrogen-bond donors (Lipinski definition) is 0. The molecule has 1 aliphatic heterocycles. The van der Waals surface area contributed by atoms with Crippen LogP contribution in [0.25, 0.3) is 0 Å². The van der Waals surface area contributed by atoms with Crippen LogP contribution >= 0.6 is 11.8 Å². The third kappa shape index (κ3) is 6.50. The van der Waals surface area contributed by atoms with Crippen molar-refractivity contribution in [2.75, 3.05) is 31.7 Å². The third-order valence-corrected chi connectivity index (χ3v) is 3.54. The summed E-state index contributed by atoms with van der Waals surface area (Å²) in [5.41, 5.74) is -0.473. The van der Waals surface area contributed by atoms with Crippen LogP contribution in [-0.4, -0.2) is 54.3 Å². The van der Waals surface area contributed by atoms with Crippen molar-refractivity contribution in [1.82, 2.24) is 4.90 Å². The van der Waals surface area contributed by atoms with E-state index >= 15 is 0 Å². The summed E-state index contributed by atoms with van der Waals surface area (Å²) in [7, 11) is 0. The molecule has 0 aliphatic carbocycles. The van der Waals surface area contributed by atoms with Crippen molar-refractivity contribution >= 4 is 23.8 Å². The van der Waals surface area contributed by atoms with Gasteiger partial charge in [-0.1, -0.05) is 0 Å². The van der Waals surface area contributed by atoms with Crippen LogP contribution in [0.4, 0.5) is 4.79 Å². The Bertz CT molecular complexity index is 341. The van der Waals surface area contributed by atoms with Gasteiger partial charge in [-0.3, -0.25) is 4.79 Å². The van der Waals surface area contributed by atoms with E-state index in [0.717, 1.165) is 12.2 Å². The monoisotopic (exact) mass is 303 g/mol. The molecule has 1 fully saturated rings. The fraction of sp³-hybridized carbons (Fsp3) is 0.857. The molecule has 6 heteroatoms. The molecule has 1 atom stereocenters. The van der Waals surface area contributed by atoms with Crippen LogP contribution < -0.4 is 0 Å². The lowest BCUT2D eigenvalue weighted by Crippen LogP contribution is -2.35. The Morgan fingerprint density at radius 3 is 2.65 bits per heavy atom. The van der Waals surface area contributed by atoms with Gasteiger partial charge in [-0.25, -0.2) is 4.79 Å². The summed E-state index contributed by atoms with van der Waals surface area (Å²) < 4.78 is 10.6. The molecule has 0 radical (unpaired) electrons. The van der Waals surface area contributed by atoms with Crippen LogP contribution in [0.2, 0.25) is 0 Å². The van der Waals surface area contributed by atoms with E-state index in [-0.39, 0.29) is 18.0 Å². The molecule has 5 nitrogen and oxygen atoms in total. The van der Waals surface area contributed by atoms with Gasteiger partial charge in [-0.15, -0.1) is 0 Å². The van der Waals surface area contributed by atoms with E-state index in [1.807, 2.05) is 27.0 Å². The highest BCUT2D eigenvalue weighted by Gasteiger charge is 2.30. The van der Waals surface area contributed by atoms with Crippen LogP contribution in [-0.2, 0) is 14.3 Å². The van der Waals surface area contributed by atoms with Gasteiger partial charge in [0.1, 0.15) is 5.60 Å². The summed E-state index contributed by atoms with van der Waals surface area (Å²) in [6.07, 6.45) is 2.98. The summed E-state index contributed by atoms with van der Waals surface area (Å²) in [6.45, 7) is 7.23. The first-order valence-corrected chi connectivity index (χ1v) is 8.33. The molecule has 1 heterocycles. The summed E-state index contributed by atoms with van der Waals surface area (Å²) in [4.78, 5) is 25.0. The lowest BCUT2D eigenvalue weighted by molar-refractivity contribution is -0.144. The number of carbonyl (C=O) groups excluding carboxylic acids is 2. The minimum Gasteiger partial charge on any atom is -0.465 e. The smallest absolute Gasteiger partial charge is 0.410 e. The van der Waals surface area contributed by atoms with Gasteiger partial charge in [0.05, 0.1) is 13.0 Å². The highest BCUT2D eigenvalue weighted by molar-refractivity contribution is 7.98. The van der Waals surface area contributed by atoms with Gasteiger partial charge < -0.3 is 14.4 Å². The number of rotatable bonds is 5. The molecule has 1 rings (SSSR count). The first-order chi connectivity index (χ1) is 9.31. The van der Waals surface area contributed by atoms with Crippen molar-refractivity contribution in [3.63, 3.8) is 0 Å². The Labute approximate surface area is 125 Å². The van der Waals surface area contributed by atoms with Gasteiger partial charge in [-0.2, -0.15) is 11.8 Å². The van der Waals surface area contributed by atoms with Crippen LogP contribution in [0.5, 0.6) is 0 Å². The van der Waals surface area contributed by atoms with Gasteiger partial charge in [0.2, 0.25) is 0 Å². The summed E-state index contributed by atoms with van der Waals surface area (Å²) >= 11 is 1.63. The maximum Gasteiger partial charge on any atom is 0.410 e. The highest BCUT2D eigenvalue weighted by Crippen LogP contribution is 2.19. The predicted molar refractivity (Wildman–Crippen MR) is 79.9 cm³/mol. The lowest BCUT2D eigenvalue weighted by Gasteiger charge is -2.24. The van der Waals surface area contributed by atoms with Gasteiger partial charge in [-0.05, 0) is 33.4 Å². The SMILES string of the molecule is CSCCC(=O)OCC1CCN(C(=O)OC(C)(C)C)C1. The first-order valence-electron chi connectivity index (χ1n) is 6.94. The average molecular weight is 303 g/mol. The Kier molecular flexibility index (Phi) is 6.65. The van der Waals surface area contributed by atoms with Crippen molar-refractivity contribution in [3.8, 4) is 0 Å². The molecule has 0 saturated carbocycles. The number of amides is 1. The number of likely N-dealkylation sites (tertiary alicyclic amines) is 1. The fourth-order valence-electron chi connectivity index (χ4n) is 1.93. The summed E-state index contributed by atoms with van der Waals surface area (Å²) in [5, 5.41) is 0. The molecular formula is C14H25NO4S. The molecule has 1 amide bonds. The molecule has 1 aliphatic rings. The maximum absolute atomic E-state index is 11.9. The van der Waals surface area contributed by atoms with Crippen LogP contribution in [0.15, 0.2) is 0 Å². The first kappa shape index (κ1) is 17.1. The Morgan fingerprint density at radius 2 is 2.05 bits per heavy atom. The van der Waals surface area contributed by atoms with Crippen molar-refractivity contribution in [2.24, 2.45) is 5.92 Å². The van der Waals surface area contributed by atoms with Gasteiger partial charge in [0, 0.05) is 24.8 Å². The molecular weight excluding hydrogens is 278 g/mol. The zero-order chi connectivity index (χ0) is 15.2. The van der Waals surface area contributed by atoms with Crippen LogP contribution in [0, 0.1) is 5.92 Å². The topological polar surface area (TPSA) is 55.8 Å². The van der Waals surface area contributed by atoms with Gasteiger partial charge >= 0.3 is 12.1 Å². The van der Waals surface area contributed by atoms with E-state index in [1.54, 1.807) is 16.7 Å². The van der Waals surface area contributed by atoms with Crippen molar-refractivity contribution in [1.29, 1.82) is 0 Å². The zero-order valence-corrected chi connectivity index (χ0v) is 13.6. The van der Waals surface area contributed by atoms with Crippen molar-refractivity contribution in [3.05, 3.63) is 0 Å². The second kappa shape index (κ2) is 7.76. The molecule has 0 aromatic rings. The number of ether oxygens (including phenoxy) is 2. The minimum absolute atomic E-state index is 0.157. The quantitative estimate of drug-likeness (QED) is 0.731. The predicted octanol–water partition coefficient (Wildman–Crippen LogP) is 2.54. The van der Waals surface area contributed by atoms with E-state index < -0.39 is 5.60 Å². The molecule has 1 saturated heterocycles. The van der Waals surface area contributed by atoms with Crippen LogP contribution in [0.3, 0.4) is 0 Å². The Morgan fingerprint density at radius 1 is 1.35 bits per heavy atom. The van der Waals surface area contributed by atoms with E-state index in [9.17, 15) is 9.59 Å². The molecule has 0 aromatic carbocycles. The second-order valence-corrected chi connectivity index (χ2v) is 6.99. The molecule has 20 heavy (non-hydrogen) atoms. The standard InChI is InChI=1S/C14H25NO4S/c1-14(2,3)19-13(17)15-7-5-11(9-15)10-18-12(16)6-8-20-4/h11H,5-10H2,1-4H3. The van der Waals surface area contributed by atoms with Crippen LogP contribution in [0.1, 0.15) is 33.6 Å². The van der Waals surface area contributed by atoms with Crippen molar-refractivity contribution in [2.45, 2.75) is 39.2 Å². The number of esters is 1. The molecule has 0 N–H and O–H groups in total. The molecule has 0 aromatic heterocycles. The van der Waals surface area contributed by atoms with Crippen molar-refractivity contribution < 1.29 is 19.1 Å². The summed E-state index contributed by atoms with van der Waals surface area (Å²) in [5.74, 6) is 0.851. The Balaban J connectivity index is 2.26. The van der Waals surface area contributed by atoms with Gasteiger partial charge in [0.15, 0.2) is 0 Å². The second-order valence-electron chi connectivity index (χ2n) is 6.01. The zero-order valence-electron chi connectivity index (χ0n) is 12.8. The largest absolute Gasteiger partial charge is 0.465 e. The van der Waals surface area contributed by atoms with E-state index in [1.165, 1.54) is 0 Å². The highest BCUT2D eigenvalue weighted by atomic mass is 32.2. The summed E-state index contributed by atoms with van der Waals surface area (Å²) in [6, 6.07) is 0. The number of carbonyl (C=O) groups is 2. The Hall–Kier alpha value is -0.910. The third-order valence-electron chi connectivity index (χ3n) is 2.93. The molecule has 1 unspecified atom stereocenters. The fourth-order valence-corrected chi connectivity index (χ4v) is 2.30. The van der Waals surface area contributed by atoms with E-state index in [4.69, 9.17) is 9.47 Å². The normalized spacial score (nSPS) is 19.0. The number of hydrogen-bond acceptors (Lipinski definition) is 5. The van der Waals surface area contributed by atoms with E-state index in [0.29, 0.717) is 26.1 Å². The molecule has 0 spiro atoms. The maximum atomic E-state index is 11.9. The van der Waals surface area contributed by atoms with E-state index in [2.05, 4.69) is 0 Å². The lowest BCUT2D eigenvalue weighted by atomic mass is 10.1.